The summed E-state index contributed by atoms with van der Waals surface area (Å²) in [7, 11) is 1.30. The summed E-state index contributed by atoms with van der Waals surface area (Å²) in [5, 5.41) is 4.42. The molecule has 0 heterocycles. The standard InChI is InChI=1S/C28H28F3NO5/c1-17-7-10-19-11-14-22(26(33)32-24(27(34)35-2)20-5-3-4-6-20)25(23(19)15-17)36-16-18-8-12-21(13-9-18)37-28(29,30)31/h7-15,20,24H,3-6,16H2,1-2H3,(H,32,33). The van der Waals surface area contributed by atoms with Crippen LogP contribution in [-0.2, 0) is 16.1 Å². The van der Waals surface area contributed by atoms with Crippen molar-refractivity contribution in [2.45, 2.75) is 51.6 Å². The highest BCUT2D eigenvalue weighted by atomic mass is 19.4. The Bertz CT molecular complexity index is 1270. The molecule has 1 N–H and O–H groups in total. The fourth-order valence-corrected chi connectivity index (χ4v) is 4.69. The van der Waals surface area contributed by atoms with Gasteiger partial charge in [-0.15, -0.1) is 13.2 Å². The van der Waals surface area contributed by atoms with Crippen LogP contribution < -0.4 is 14.8 Å². The summed E-state index contributed by atoms with van der Waals surface area (Å²) < 4.78 is 52.4. The number of carbonyl (C=O) groups is 2. The van der Waals surface area contributed by atoms with E-state index in [9.17, 15) is 22.8 Å². The zero-order valence-electron chi connectivity index (χ0n) is 20.6. The fraction of sp³-hybridized carbons (Fsp3) is 0.357. The Labute approximate surface area is 212 Å². The molecular weight excluding hydrogens is 487 g/mol. The molecule has 37 heavy (non-hydrogen) atoms. The zero-order valence-corrected chi connectivity index (χ0v) is 20.6. The quantitative estimate of drug-likeness (QED) is 0.368. The Morgan fingerprint density at radius 3 is 2.35 bits per heavy atom. The van der Waals surface area contributed by atoms with Gasteiger partial charge in [-0.25, -0.2) is 4.79 Å². The number of hydrogen-bond acceptors (Lipinski definition) is 5. The number of carbonyl (C=O) groups excluding carboxylic acids is 2. The van der Waals surface area contributed by atoms with E-state index < -0.39 is 24.3 Å². The predicted octanol–water partition coefficient (Wildman–Crippen LogP) is 6.09. The smallest absolute Gasteiger partial charge is 0.487 e. The molecule has 1 aliphatic carbocycles. The summed E-state index contributed by atoms with van der Waals surface area (Å²) in [6, 6.07) is 13.8. The van der Waals surface area contributed by atoms with E-state index in [1.54, 1.807) is 6.07 Å². The maximum absolute atomic E-state index is 13.4. The number of ether oxygens (including phenoxy) is 3. The van der Waals surface area contributed by atoms with Crippen molar-refractivity contribution in [3.8, 4) is 11.5 Å². The van der Waals surface area contributed by atoms with E-state index in [-0.39, 0.29) is 23.8 Å². The summed E-state index contributed by atoms with van der Waals surface area (Å²) in [6.45, 7) is 1.92. The van der Waals surface area contributed by atoms with Gasteiger partial charge in [-0.05, 0) is 60.9 Å². The summed E-state index contributed by atoms with van der Waals surface area (Å²) in [5.41, 5.74) is 1.80. The van der Waals surface area contributed by atoms with Crippen LogP contribution in [0.2, 0.25) is 0 Å². The van der Waals surface area contributed by atoms with Crippen molar-refractivity contribution >= 4 is 22.6 Å². The Morgan fingerprint density at radius 1 is 1.03 bits per heavy atom. The number of benzene rings is 3. The molecule has 1 atom stereocenters. The Hall–Kier alpha value is -3.75. The van der Waals surface area contributed by atoms with E-state index in [0.717, 1.165) is 36.6 Å². The van der Waals surface area contributed by atoms with Crippen molar-refractivity contribution in [2.75, 3.05) is 7.11 Å². The van der Waals surface area contributed by atoms with E-state index >= 15 is 0 Å². The first-order valence-electron chi connectivity index (χ1n) is 12.0. The molecule has 1 amide bonds. The van der Waals surface area contributed by atoms with Crippen molar-refractivity contribution in [3.05, 3.63) is 71.3 Å². The topological polar surface area (TPSA) is 73.9 Å². The first kappa shape index (κ1) is 26.3. The average Bonchev–Trinajstić information content (AvgIpc) is 3.39. The van der Waals surface area contributed by atoms with Crippen molar-refractivity contribution in [3.63, 3.8) is 0 Å². The van der Waals surface area contributed by atoms with E-state index in [1.165, 1.54) is 31.4 Å². The molecule has 1 fully saturated rings. The van der Waals surface area contributed by atoms with Crippen LogP contribution in [0, 0.1) is 12.8 Å². The predicted molar refractivity (Wildman–Crippen MR) is 131 cm³/mol. The van der Waals surface area contributed by atoms with Crippen molar-refractivity contribution in [2.24, 2.45) is 5.92 Å². The first-order chi connectivity index (χ1) is 17.6. The van der Waals surface area contributed by atoms with Gasteiger partial charge in [0.1, 0.15) is 24.1 Å². The maximum Gasteiger partial charge on any atom is 0.573 e. The van der Waals surface area contributed by atoms with Gasteiger partial charge < -0.3 is 19.5 Å². The highest BCUT2D eigenvalue weighted by Gasteiger charge is 2.34. The first-order valence-corrected chi connectivity index (χ1v) is 12.0. The van der Waals surface area contributed by atoms with Gasteiger partial charge >= 0.3 is 12.3 Å². The number of amides is 1. The van der Waals surface area contributed by atoms with E-state index in [4.69, 9.17) is 9.47 Å². The number of halogens is 3. The molecule has 1 saturated carbocycles. The van der Waals surface area contributed by atoms with Crippen LogP contribution in [0.4, 0.5) is 13.2 Å². The van der Waals surface area contributed by atoms with Gasteiger partial charge in [0.2, 0.25) is 0 Å². The molecule has 196 valence electrons. The summed E-state index contributed by atoms with van der Waals surface area (Å²) in [4.78, 5) is 25.9. The van der Waals surface area contributed by atoms with E-state index in [1.807, 2.05) is 31.2 Å². The number of alkyl halides is 3. The lowest BCUT2D eigenvalue weighted by Gasteiger charge is -2.23. The Morgan fingerprint density at radius 2 is 1.70 bits per heavy atom. The lowest BCUT2D eigenvalue weighted by Crippen LogP contribution is -2.46. The second-order valence-corrected chi connectivity index (χ2v) is 9.17. The third-order valence-corrected chi connectivity index (χ3v) is 6.53. The van der Waals surface area contributed by atoms with E-state index in [2.05, 4.69) is 10.1 Å². The molecule has 4 rings (SSSR count). The van der Waals surface area contributed by atoms with Crippen LogP contribution in [-0.4, -0.2) is 31.4 Å². The summed E-state index contributed by atoms with van der Waals surface area (Å²) in [6.07, 6.45) is -1.14. The number of methoxy groups -OCH3 is 1. The molecule has 3 aromatic rings. The monoisotopic (exact) mass is 515 g/mol. The molecule has 0 saturated heterocycles. The number of esters is 1. The van der Waals surface area contributed by atoms with Gasteiger partial charge in [-0.2, -0.15) is 0 Å². The summed E-state index contributed by atoms with van der Waals surface area (Å²) in [5.74, 6) is -0.960. The van der Waals surface area contributed by atoms with Crippen LogP contribution in [0.5, 0.6) is 11.5 Å². The van der Waals surface area contributed by atoms with Crippen molar-refractivity contribution < 1.29 is 37.0 Å². The fourth-order valence-electron chi connectivity index (χ4n) is 4.69. The molecule has 0 spiro atoms. The molecule has 0 aromatic heterocycles. The van der Waals surface area contributed by atoms with Gasteiger partial charge in [0.15, 0.2) is 0 Å². The Kier molecular flexibility index (Phi) is 7.90. The number of fused-ring (bicyclic) bond motifs is 1. The van der Waals surface area contributed by atoms with Crippen molar-refractivity contribution in [1.82, 2.24) is 5.32 Å². The molecule has 1 aliphatic rings. The molecule has 0 radical (unpaired) electrons. The third kappa shape index (κ3) is 6.53. The molecule has 6 nitrogen and oxygen atoms in total. The molecule has 9 heteroatoms. The maximum atomic E-state index is 13.4. The lowest BCUT2D eigenvalue weighted by atomic mass is 9.97. The van der Waals surface area contributed by atoms with Gasteiger partial charge in [-0.3, -0.25) is 4.79 Å². The van der Waals surface area contributed by atoms with Crippen LogP contribution in [0.15, 0.2) is 54.6 Å². The minimum absolute atomic E-state index is 0.000834. The number of aryl methyl sites for hydroxylation is 1. The van der Waals surface area contributed by atoms with Gasteiger partial charge in [0.25, 0.3) is 5.91 Å². The second kappa shape index (κ2) is 11.1. The largest absolute Gasteiger partial charge is 0.573 e. The SMILES string of the molecule is COC(=O)C(NC(=O)c1ccc2ccc(C)cc2c1OCc1ccc(OC(F)(F)F)cc1)C1CCCC1. The molecular formula is C28H28F3NO5. The van der Waals surface area contributed by atoms with Gasteiger partial charge in [0, 0.05) is 5.39 Å². The van der Waals surface area contributed by atoms with Gasteiger partial charge in [0.05, 0.1) is 12.7 Å². The zero-order chi connectivity index (χ0) is 26.6. The number of rotatable bonds is 8. The third-order valence-electron chi connectivity index (χ3n) is 6.53. The van der Waals surface area contributed by atoms with Crippen molar-refractivity contribution in [1.29, 1.82) is 0 Å². The normalized spacial score (nSPS) is 14.8. The molecule has 0 aliphatic heterocycles. The number of nitrogens with one attached hydrogen (secondary N) is 1. The van der Waals surface area contributed by atoms with Crippen LogP contribution in [0.3, 0.4) is 0 Å². The average molecular weight is 516 g/mol. The Balaban J connectivity index is 1.62. The molecule has 1 unspecified atom stereocenters. The van der Waals surface area contributed by atoms with Crippen LogP contribution in [0.1, 0.15) is 47.2 Å². The summed E-state index contributed by atoms with van der Waals surface area (Å²) >= 11 is 0. The highest BCUT2D eigenvalue weighted by Crippen LogP contribution is 2.33. The van der Waals surface area contributed by atoms with Gasteiger partial charge in [-0.1, -0.05) is 48.7 Å². The minimum atomic E-state index is -4.78. The van der Waals surface area contributed by atoms with Crippen LogP contribution in [0.25, 0.3) is 10.8 Å². The van der Waals surface area contributed by atoms with Crippen LogP contribution >= 0.6 is 0 Å². The number of hydrogen-bond donors (Lipinski definition) is 1. The highest BCUT2D eigenvalue weighted by molar-refractivity contribution is 6.05. The molecule has 3 aromatic carbocycles. The minimum Gasteiger partial charge on any atom is -0.487 e. The van der Waals surface area contributed by atoms with E-state index in [0.29, 0.717) is 16.7 Å². The molecule has 0 bridgehead atoms. The lowest BCUT2D eigenvalue weighted by molar-refractivity contribution is -0.274. The second-order valence-electron chi connectivity index (χ2n) is 9.17.